The number of hydrogen-bond acceptors (Lipinski definition) is 3. The lowest BCUT2D eigenvalue weighted by atomic mass is 10.0. The highest BCUT2D eigenvalue weighted by Crippen LogP contribution is 2.22. The van der Waals surface area contributed by atoms with Crippen molar-refractivity contribution in [1.29, 1.82) is 0 Å². The van der Waals surface area contributed by atoms with E-state index in [2.05, 4.69) is 5.32 Å². The van der Waals surface area contributed by atoms with Gasteiger partial charge in [0.1, 0.15) is 5.82 Å². The Hall–Kier alpha value is -2.27. The Balaban J connectivity index is 2.15. The van der Waals surface area contributed by atoms with Gasteiger partial charge in [0.2, 0.25) is 0 Å². The predicted molar refractivity (Wildman–Crippen MR) is 79.4 cm³/mol. The Morgan fingerprint density at radius 3 is 2.52 bits per heavy atom. The Morgan fingerprint density at radius 2 is 1.86 bits per heavy atom. The lowest BCUT2D eigenvalue weighted by Gasteiger charge is -2.18. The van der Waals surface area contributed by atoms with Gasteiger partial charge in [0.25, 0.3) is 5.69 Å². The molecule has 0 aliphatic heterocycles. The summed E-state index contributed by atoms with van der Waals surface area (Å²) < 4.78 is 13.8. The molecule has 0 aliphatic rings. The molecule has 110 valence electrons. The van der Waals surface area contributed by atoms with Gasteiger partial charge in [0.15, 0.2) is 0 Å². The second-order valence-electron chi connectivity index (χ2n) is 4.75. The van der Waals surface area contributed by atoms with Crippen molar-refractivity contribution < 1.29 is 9.31 Å². The van der Waals surface area contributed by atoms with Crippen molar-refractivity contribution in [3.63, 3.8) is 0 Å². The fourth-order valence-corrected chi connectivity index (χ4v) is 2.30. The van der Waals surface area contributed by atoms with E-state index in [0.717, 1.165) is 0 Å². The maximum Gasteiger partial charge on any atom is 0.273 e. The first-order chi connectivity index (χ1) is 10.1. The van der Waals surface area contributed by atoms with Gasteiger partial charge in [-0.3, -0.25) is 10.1 Å². The van der Waals surface area contributed by atoms with Crippen molar-refractivity contribution in [1.82, 2.24) is 5.32 Å². The smallest absolute Gasteiger partial charge is 0.273 e. The van der Waals surface area contributed by atoms with Crippen molar-refractivity contribution >= 4 is 5.69 Å². The Kier molecular flexibility index (Phi) is 5.00. The molecule has 0 saturated carbocycles. The third-order valence-corrected chi connectivity index (χ3v) is 3.42. The van der Waals surface area contributed by atoms with Gasteiger partial charge in [-0.1, -0.05) is 43.3 Å². The maximum absolute atomic E-state index is 13.8. The lowest BCUT2D eigenvalue weighted by Crippen LogP contribution is -2.21. The second-order valence-corrected chi connectivity index (χ2v) is 4.75. The molecule has 2 aromatic rings. The van der Waals surface area contributed by atoms with Gasteiger partial charge in [-0.15, -0.1) is 0 Å². The molecular formula is C16H17FN2O2. The molecule has 1 unspecified atom stereocenters. The summed E-state index contributed by atoms with van der Waals surface area (Å²) in [6.07, 6.45) is 0.696. The summed E-state index contributed by atoms with van der Waals surface area (Å²) in [5.74, 6) is -0.264. The molecule has 0 saturated heterocycles. The zero-order valence-electron chi connectivity index (χ0n) is 11.8. The first kappa shape index (κ1) is 15.1. The summed E-state index contributed by atoms with van der Waals surface area (Å²) in [6.45, 7) is 2.27. The van der Waals surface area contributed by atoms with E-state index in [-0.39, 0.29) is 17.5 Å². The monoisotopic (exact) mass is 288 g/mol. The molecule has 0 amide bonds. The van der Waals surface area contributed by atoms with Gasteiger partial charge in [-0.05, 0) is 12.5 Å². The van der Waals surface area contributed by atoms with E-state index in [1.165, 1.54) is 12.1 Å². The maximum atomic E-state index is 13.8. The Labute approximate surface area is 122 Å². The summed E-state index contributed by atoms with van der Waals surface area (Å²) in [5.41, 5.74) is 1.25. The minimum absolute atomic E-state index is 0.0772. The Bertz CT molecular complexity index is 631. The third-order valence-electron chi connectivity index (χ3n) is 3.42. The molecule has 0 heterocycles. The normalized spacial score (nSPS) is 12.1. The molecule has 4 nitrogen and oxygen atoms in total. The first-order valence-corrected chi connectivity index (χ1v) is 6.83. The van der Waals surface area contributed by atoms with E-state index in [4.69, 9.17) is 0 Å². The standard InChI is InChI=1S/C16H17FN2O2/c1-2-15(13-8-4-5-9-14(13)17)18-11-12-7-3-6-10-16(12)19(20)21/h3-10,15,18H,2,11H2,1H3. The average Bonchev–Trinajstić information content (AvgIpc) is 2.49. The zero-order chi connectivity index (χ0) is 15.2. The molecule has 0 aliphatic carbocycles. The highest BCUT2D eigenvalue weighted by Gasteiger charge is 2.16. The van der Waals surface area contributed by atoms with Crippen molar-refractivity contribution in [3.8, 4) is 0 Å². The minimum atomic E-state index is -0.402. The Morgan fingerprint density at radius 1 is 1.19 bits per heavy atom. The molecule has 0 bridgehead atoms. The molecule has 2 rings (SSSR count). The van der Waals surface area contributed by atoms with Gasteiger partial charge in [0, 0.05) is 29.8 Å². The van der Waals surface area contributed by atoms with Crippen LogP contribution in [0.5, 0.6) is 0 Å². The average molecular weight is 288 g/mol. The van der Waals surface area contributed by atoms with Crippen LogP contribution in [0.1, 0.15) is 30.5 Å². The molecule has 1 atom stereocenters. The van der Waals surface area contributed by atoms with Crippen molar-refractivity contribution in [2.75, 3.05) is 0 Å². The number of hydrogen-bond donors (Lipinski definition) is 1. The molecular weight excluding hydrogens is 271 g/mol. The molecule has 21 heavy (non-hydrogen) atoms. The molecule has 0 spiro atoms. The highest BCUT2D eigenvalue weighted by atomic mass is 19.1. The first-order valence-electron chi connectivity index (χ1n) is 6.83. The number of nitrogens with zero attached hydrogens (tertiary/aromatic N) is 1. The number of nitro groups is 1. The van der Waals surface area contributed by atoms with E-state index in [1.807, 2.05) is 6.92 Å². The largest absolute Gasteiger partial charge is 0.306 e. The van der Waals surface area contributed by atoms with Crippen LogP contribution in [0.2, 0.25) is 0 Å². The predicted octanol–water partition coefficient (Wildman–Crippen LogP) is 3.97. The van der Waals surface area contributed by atoms with Crippen LogP contribution >= 0.6 is 0 Å². The number of rotatable bonds is 6. The van der Waals surface area contributed by atoms with Gasteiger partial charge < -0.3 is 5.32 Å². The van der Waals surface area contributed by atoms with Crippen LogP contribution in [-0.2, 0) is 6.54 Å². The molecule has 5 heteroatoms. The summed E-state index contributed by atoms with van der Waals surface area (Å²) >= 11 is 0. The second kappa shape index (κ2) is 6.95. The van der Waals surface area contributed by atoms with Gasteiger partial charge in [0.05, 0.1) is 4.92 Å². The number of nitro benzene ring substituents is 1. The summed E-state index contributed by atoms with van der Waals surface area (Å²) in [5, 5.41) is 14.2. The topological polar surface area (TPSA) is 55.2 Å². The number of halogens is 1. The van der Waals surface area contributed by atoms with Crippen molar-refractivity contribution in [2.24, 2.45) is 0 Å². The van der Waals surface area contributed by atoms with Crippen molar-refractivity contribution in [2.45, 2.75) is 25.9 Å². The van der Waals surface area contributed by atoms with Gasteiger partial charge in [-0.25, -0.2) is 4.39 Å². The van der Waals surface area contributed by atoms with E-state index in [1.54, 1.807) is 36.4 Å². The molecule has 2 aromatic carbocycles. The quantitative estimate of drug-likeness (QED) is 0.646. The van der Waals surface area contributed by atoms with Crippen LogP contribution < -0.4 is 5.32 Å². The fourth-order valence-electron chi connectivity index (χ4n) is 2.30. The number of para-hydroxylation sites is 1. The van der Waals surface area contributed by atoms with E-state index in [9.17, 15) is 14.5 Å². The fraction of sp³-hybridized carbons (Fsp3) is 0.250. The summed E-state index contributed by atoms with van der Waals surface area (Å²) in [7, 11) is 0. The third kappa shape index (κ3) is 3.64. The van der Waals surface area contributed by atoms with E-state index < -0.39 is 4.92 Å². The highest BCUT2D eigenvalue weighted by molar-refractivity contribution is 5.39. The van der Waals surface area contributed by atoms with Crippen LogP contribution in [0.25, 0.3) is 0 Å². The minimum Gasteiger partial charge on any atom is -0.306 e. The van der Waals surface area contributed by atoms with Crippen LogP contribution in [-0.4, -0.2) is 4.92 Å². The van der Waals surface area contributed by atoms with E-state index >= 15 is 0 Å². The molecule has 0 radical (unpaired) electrons. The zero-order valence-corrected chi connectivity index (χ0v) is 11.8. The number of nitrogens with one attached hydrogen (secondary N) is 1. The summed E-state index contributed by atoms with van der Waals surface area (Å²) in [6, 6.07) is 13.0. The van der Waals surface area contributed by atoms with Crippen LogP contribution in [0.15, 0.2) is 48.5 Å². The van der Waals surface area contributed by atoms with Crippen LogP contribution in [0.4, 0.5) is 10.1 Å². The van der Waals surface area contributed by atoms with Gasteiger partial charge in [-0.2, -0.15) is 0 Å². The van der Waals surface area contributed by atoms with Crippen LogP contribution in [0.3, 0.4) is 0 Å². The lowest BCUT2D eigenvalue weighted by molar-refractivity contribution is -0.385. The van der Waals surface area contributed by atoms with E-state index in [0.29, 0.717) is 24.1 Å². The number of benzene rings is 2. The van der Waals surface area contributed by atoms with Gasteiger partial charge >= 0.3 is 0 Å². The molecule has 0 fully saturated rings. The van der Waals surface area contributed by atoms with Crippen molar-refractivity contribution in [3.05, 3.63) is 75.6 Å². The summed E-state index contributed by atoms with van der Waals surface area (Å²) in [4.78, 5) is 10.6. The molecule has 1 N–H and O–H groups in total. The SMILES string of the molecule is CCC(NCc1ccccc1[N+](=O)[O-])c1ccccc1F. The molecule has 0 aromatic heterocycles. The van der Waals surface area contributed by atoms with Crippen LogP contribution in [0, 0.1) is 15.9 Å².